The van der Waals surface area contributed by atoms with E-state index in [1.54, 1.807) is 18.5 Å². The molecule has 2 rings (SSSR count). The van der Waals surface area contributed by atoms with E-state index in [2.05, 4.69) is 9.97 Å². The fourth-order valence-corrected chi connectivity index (χ4v) is 1.98. The molecule has 1 aromatic rings. The van der Waals surface area contributed by atoms with Crippen LogP contribution in [-0.4, -0.2) is 40.8 Å². The molecule has 5 nitrogen and oxygen atoms in total. The molecule has 0 aliphatic carbocycles. The molecule has 5 heteroatoms. The SMILES string of the molecule is CCC(=O)C1=CN(C)CCCN1c1ncccn1. The maximum atomic E-state index is 12.1. The Morgan fingerprint density at radius 1 is 1.33 bits per heavy atom. The van der Waals surface area contributed by atoms with Gasteiger partial charge in [0.05, 0.1) is 0 Å². The van der Waals surface area contributed by atoms with Gasteiger partial charge < -0.3 is 9.80 Å². The molecule has 0 bridgehead atoms. The van der Waals surface area contributed by atoms with E-state index >= 15 is 0 Å². The smallest absolute Gasteiger partial charge is 0.229 e. The van der Waals surface area contributed by atoms with Crippen molar-refractivity contribution < 1.29 is 4.79 Å². The lowest BCUT2D eigenvalue weighted by molar-refractivity contribution is -0.115. The third kappa shape index (κ3) is 2.67. The van der Waals surface area contributed by atoms with Crippen LogP contribution in [-0.2, 0) is 4.79 Å². The topological polar surface area (TPSA) is 49.3 Å². The molecule has 0 saturated carbocycles. The number of hydrogen-bond acceptors (Lipinski definition) is 5. The van der Waals surface area contributed by atoms with E-state index in [0.717, 1.165) is 19.5 Å². The van der Waals surface area contributed by atoms with Crippen molar-refractivity contribution in [3.63, 3.8) is 0 Å². The number of carbonyl (C=O) groups excluding carboxylic acids is 1. The van der Waals surface area contributed by atoms with E-state index in [0.29, 0.717) is 18.1 Å². The van der Waals surface area contributed by atoms with E-state index in [1.807, 2.05) is 30.0 Å². The highest BCUT2D eigenvalue weighted by molar-refractivity contribution is 5.98. The first kappa shape index (κ1) is 12.5. The third-order valence-corrected chi connectivity index (χ3v) is 2.93. The maximum Gasteiger partial charge on any atom is 0.229 e. The maximum absolute atomic E-state index is 12.1. The summed E-state index contributed by atoms with van der Waals surface area (Å²) in [6.45, 7) is 3.58. The zero-order valence-electron chi connectivity index (χ0n) is 10.8. The number of allylic oxidation sites excluding steroid dienone is 1. The zero-order valence-corrected chi connectivity index (χ0v) is 10.8. The van der Waals surface area contributed by atoms with Gasteiger partial charge in [-0.15, -0.1) is 0 Å². The highest BCUT2D eigenvalue weighted by Crippen LogP contribution is 2.19. The van der Waals surface area contributed by atoms with Crippen LogP contribution < -0.4 is 4.90 Å². The molecule has 1 aromatic heterocycles. The summed E-state index contributed by atoms with van der Waals surface area (Å²) >= 11 is 0. The van der Waals surface area contributed by atoms with Crippen LogP contribution in [0.2, 0.25) is 0 Å². The lowest BCUT2D eigenvalue weighted by Crippen LogP contribution is -2.29. The number of aromatic nitrogens is 2. The van der Waals surface area contributed by atoms with Crippen molar-refractivity contribution in [2.24, 2.45) is 0 Å². The van der Waals surface area contributed by atoms with Gasteiger partial charge in [-0.3, -0.25) is 4.79 Å². The van der Waals surface area contributed by atoms with Gasteiger partial charge in [0, 0.05) is 45.2 Å². The summed E-state index contributed by atoms with van der Waals surface area (Å²) in [6.07, 6.45) is 6.76. The first-order chi connectivity index (χ1) is 8.72. The lowest BCUT2D eigenvalue weighted by Gasteiger charge is -2.22. The number of ketones is 1. The summed E-state index contributed by atoms with van der Waals surface area (Å²) in [5, 5.41) is 0. The van der Waals surface area contributed by atoms with Crippen LogP contribution >= 0.6 is 0 Å². The lowest BCUT2D eigenvalue weighted by atomic mass is 10.2. The molecule has 2 heterocycles. The van der Waals surface area contributed by atoms with E-state index in [9.17, 15) is 4.79 Å². The Morgan fingerprint density at radius 2 is 2.06 bits per heavy atom. The van der Waals surface area contributed by atoms with E-state index in [1.165, 1.54) is 0 Å². The van der Waals surface area contributed by atoms with Gasteiger partial charge in [0.2, 0.25) is 5.95 Å². The fourth-order valence-electron chi connectivity index (χ4n) is 1.98. The molecule has 1 aliphatic rings. The first-order valence-corrected chi connectivity index (χ1v) is 6.22. The van der Waals surface area contributed by atoms with Crippen LogP contribution in [0.1, 0.15) is 19.8 Å². The van der Waals surface area contributed by atoms with Crippen LogP contribution in [0.15, 0.2) is 30.4 Å². The second-order valence-electron chi connectivity index (χ2n) is 4.33. The second kappa shape index (κ2) is 5.62. The molecule has 0 unspecified atom stereocenters. The molecule has 0 amide bonds. The minimum absolute atomic E-state index is 0.121. The largest absolute Gasteiger partial charge is 0.379 e. The molecule has 96 valence electrons. The van der Waals surface area contributed by atoms with Gasteiger partial charge in [-0.2, -0.15) is 0 Å². The molecule has 0 radical (unpaired) electrons. The van der Waals surface area contributed by atoms with Gasteiger partial charge in [-0.1, -0.05) is 6.92 Å². The molecule has 0 spiro atoms. The van der Waals surface area contributed by atoms with Gasteiger partial charge >= 0.3 is 0 Å². The van der Waals surface area contributed by atoms with Crippen molar-refractivity contribution >= 4 is 11.7 Å². The van der Waals surface area contributed by atoms with Crippen LogP contribution in [0.5, 0.6) is 0 Å². The average Bonchev–Trinajstić information content (AvgIpc) is 2.60. The summed E-state index contributed by atoms with van der Waals surface area (Å²) in [5.74, 6) is 0.719. The quantitative estimate of drug-likeness (QED) is 0.807. The van der Waals surface area contributed by atoms with E-state index in [4.69, 9.17) is 0 Å². The highest BCUT2D eigenvalue weighted by atomic mass is 16.1. The number of nitrogens with zero attached hydrogens (tertiary/aromatic N) is 4. The standard InChI is InChI=1S/C13H18N4O/c1-3-12(18)11-10-16(2)8-5-9-17(11)13-14-6-4-7-15-13/h4,6-7,10H,3,5,8-9H2,1-2H3. The molecule has 0 saturated heterocycles. The molecule has 1 aliphatic heterocycles. The third-order valence-electron chi connectivity index (χ3n) is 2.93. The summed E-state index contributed by atoms with van der Waals surface area (Å²) in [7, 11) is 1.98. The van der Waals surface area contributed by atoms with Crippen molar-refractivity contribution in [2.45, 2.75) is 19.8 Å². The van der Waals surface area contributed by atoms with Gasteiger partial charge in [0.1, 0.15) is 5.70 Å². The van der Waals surface area contributed by atoms with Crippen molar-refractivity contribution in [1.82, 2.24) is 14.9 Å². The predicted molar refractivity (Wildman–Crippen MR) is 70.0 cm³/mol. The zero-order chi connectivity index (χ0) is 13.0. The normalized spacial score (nSPS) is 16.2. The minimum atomic E-state index is 0.121. The van der Waals surface area contributed by atoms with Crippen LogP contribution in [0.25, 0.3) is 0 Å². The Bertz CT molecular complexity index is 444. The monoisotopic (exact) mass is 246 g/mol. The number of Topliss-reactive ketones (excluding diaryl/α,β-unsaturated/α-hetero) is 1. The Labute approximate surface area is 107 Å². The van der Waals surface area contributed by atoms with Crippen LogP contribution in [0.3, 0.4) is 0 Å². The van der Waals surface area contributed by atoms with Crippen LogP contribution in [0.4, 0.5) is 5.95 Å². The number of anilines is 1. The summed E-state index contributed by atoms with van der Waals surface area (Å²) < 4.78 is 0. The minimum Gasteiger partial charge on any atom is -0.379 e. The number of carbonyl (C=O) groups is 1. The van der Waals surface area contributed by atoms with Crippen molar-refractivity contribution in [3.8, 4) is 0 Å². The van der Waals surface area contributed by atoms with E-state index < -0.39 is 0 Å². The summed E-state index contributed by atoms with van der Waals surface area (Å²) in [6, 6.07) is 1.78. The van der Waals surface area contributed by atoms with Crippen molar-refractivity contribution in [2.75, 3.05) is 25.0 Å². The Balaban J connectivity index is 2.36. The average molecular weight is 246 g/mol. The van der Waals surface area contributed by atoms with Gasteiger partial charge in [0.25, 0.3) is 0 Å². The van der Waals surface area contributed by atoms with Gasteiger partial charge in [-0.25, -0.2) is 9.97 Å². The number of hydrogen-bond donors (Lipinski definition) is 0. The Kier molecular flexibility index (Phi) is 3.92. The highest BCUT2D eigenvalue weighted by Gasteiger charge is 2.22. The Morgan fingerprint density at radius 3 is 2.72 bits per heavy atom. The van der Waals surface area contributed by atoms with Crippen molar-refractivity contribution in [3.05, 3.63) is 30.4 Å². The van der Waals surface area contributed by atoms with Gasteiger partial charge in [0.15, 0.2) is 5.78 Å². The molecule has 0 atom stereocenters. The van der Waals surface area contributed by atoms with E-state index in [-0.39, 0.29) is 5.78 Å². The summed E-state index contributed by atoms with van der Waals surface area (Å²) in [5.41, 5.74) is 0.684. The van der Waals surface area contributed by atoms with Crippen molar-refractivity contribution in [1.29, 1.82) is 0 Å². The molecular formula is C13H18N4O. The predicted octanol–water partition coefficient (Wildman–Crippen LogP) is 1.44. The molecule has 0 fully saturated rings. The van der Waals surface area contributed by atoms with Gasteiger partial charge in [-0.05, 0) is 12.5 Å². The van der Waals surface area contributed by atoms with Crippen LogP contribution in [0, 0.1) is 0 Å². The molecule has 0 N–H and O–H groups in total. The Hall–Kier alpha value is -1.91. The first-order valence-electron chi connectivity index (χ1n) is 6.22. The number of rotatable bonds is 3. The molecule has 18 heavy (non-hydrogen) atoms. The fraction of sp³-hybridized carbons (Fsp3) is 0.462. The molecule has 0 aromatic carbocycles. The molecular weight excluding hydrogens is 228 g/mol. The summed E-state index contributed by atoms with van der Waals surface area (Å²) in [4.78, 5) is 24.5. The second-order valence-corrected chi connectivity index (χ2v) is 4.33.